The molecule has 2 aliphatic heterocycles. The van der Waals surface area contributed by atoms with Gasteiger partial charge in [-0.3, -0.25) is 0 Å². The first-order valence-corrected chi connectivity index (χ1v) is 11.0. The fourth-order valence-electron chi connectivity index (χ4n) is 3.47. The van der Waals surface area contributed by atoms with Crippen LogP contribution in [0.2, 0.25) is 0 Å². The normalized spacial score (nSPS) is 28.9. The number of hydrogen-bond donors (Lipinski definition) is 0. The van der Waals surface area contributed by atoms with Crippen LogP contribution in [0.25, 0.3) is 0 Å². The predicted molar refractivity (Wildman–Crippen MR) is 92.6 cm³/mol. The van der Waals surface area contributed by atoms with Crippen LogP contribution in [-0.2, 0) is 19.7 Å². The van der Waals surface area contributed by atoms with E-state index in [2.05, 4.69) is 0 Å². The molecule has 0 aromatic carbocycles. The molecule has 0 aromatic heterocycles. The van der Waals surface area contributed by atoms with Crippen molar-refractivity contribution in [2.75, 3.05) is 0 Å². The van der Waals surface area contributed by atoms with E-state index in [0.717, 1.165) is 27.7 Å². The van der Waals surface area contributed by atoms with Crippen molar-refractivity contribution < 1.29 is 43.2 Å². The summed E-state index contributed by atoms with van der Waals surface area (Å²) >= 11 is 0. The van der Waals surface area contributed by atoms with E-state index in [1.165, 1.54) is 0 Å². The lowest BCUT2D eigenvalue weighted by atomic mass is 9.93. The average molecular weight is 460 g/mol. The highest BCUT2D eigenvalue weighted by molar-refractivity contribution is 7.99. The third kappa shape index (κ3) is 2.38. The number of allylic oxidation sites excluding steroid dienone is 10. The van der Waals surface area contributed by atoms with Crippen LogP contribution in [0.4, 0.5) is 26.3 Å². The number of hydrogen-bond acceptors (Lipinski definition) is 4. The zero-order valence-electron chi connectivity index (χ0n) is 15.4. The van der Waals surface area contributed by atoms with Crippen LogP contribution in [0.5, 0.6) is 0 Å². The van der Waals surface area contributed by atoms with E-state index in [0.29, 0.717) is 12.2 Å². The standard InChI is InChI=1S/C17H14F6O4S2/c1-7-5-11(9(3)28(7,24)25)13-14(12-6-8(2)29(26,27)10(12)4)16(20,21)17(22,23)15(13,18)19/h5-6H,1-4H3. The van der Waals surface area contributed by atoms with Gasteiger partial charge in [0.25, 0.3) is 0 Å². The molecule has 0 spiro atoms. The molecule has 1 aliphatic carbocycles. The van der Waals surface area contributed by atoms with Gasteiger partial charge in [0.15, 0.2) is 19.7 Å². The molecule has 4 nitrogen and oxygen atoms in total. The van der Waals surface area contributed by atoms with Gasteiger partial charge in [-0.1, -0.05) is 0 Å². The fourth-order valence-corrected chi connectivity index (χ4v) is 5.88. The summed E-state index contributed by atoms with van der Waals surface area (Å²) in [4.78, 5) is -2.56. The Balaban J connectivity index is 2.55. The Morgan fingerprint density at radius 3 is 1.10 bits per heavy atom. The number of alkyl halides is 6. The smallest absolute Gasteiger partial charge is 0.219 e. The van der Waals surface area contributed by atoms with Gasteiger partial charge in [0.1, 0.15) is 0 Å². The lowest BCUT2D eigenvalue weighted by molar-refractivity contribution is -0.263. The second kappa shape index (κ2) is 5.65. The number of rotatable bonds is 2. The van der Waals surface area contributed by atoms with Crippen LogP contribution in [-0.4, -0.2) is 34.6 Å². The lowest BCUT2D eigenvalue weighted by Crippen LogP contribution is -2.49. The molecule has 0 fully saturated rings. The van der Waals surface area contributed by atoms with Crippen molar-refractivity contribution >= 4 is 19.7 Å². The molecule has 160 valence electrons. The van der Waals surface area contributed by atoms with E-state index in [-0.39, 0.29) is 0 Å². The zero-order valence-corrected chi connectivity index (χ0v) is 17.0. The van der Waals surface area contributed by atoms with Gasteiger partial charge in [-0.2, -0.15) is 26.3 Å². The first-order valence-electron chi connectivity index (χ1n) is 8.02. The Morgan fingerprint density at radius 1 is 0.621 bits per heavy atom. The quantitative estimate of drug-likeness (QED) is 0.573. The van der Waals surface area contributed by atoms with E-state index in [1.807, 2.05) is 0 Å². The molecule has 29 heavy (non-hydrogen) atoms. The summed E-state index contributed by atoms with van der Waals surface area (Å²) in [5.74, 6) is -16.8. The minimum Gasteiger partial charge on any atom is -0.219 e. The van der Waals surface area contributed by atoms with Crippen LogP contribution in [0, 0.1) is 0 Å². The Kier molecular flexibility index (Phi) is 4.27. The van der Waals surface area contributed by atoms with Crippen molar-refractivity contribution in [1.82, 2.24) is 0 Å². The number of halogens is 6. The molecule has 2 heterocycles. The van der Waals surface area contributed by atoms with Gasteiger partial charge < -0.3 is 0 Å². The molecule has 0 saturated carbocycles. The highest BCUT2D eigenvalue weighted by Gasteiger charge is 2.81. The zero-order chi connectivity index (χ0) is 22.5. The molecule has 0 unspecified atom stereocenters. The second-order valence-corrected chi connectivity index (χ2v) is 11.5. The van der Waals surface area contributed by atoms with Crippen molar-refractivity contribution in [3.63, 3.8) is 0 Å². The summed E-state index contributed by atoms with van der Waals surface area (Å²) in [6, 6.07) is 0. The van der Waals surface area contributed by atoms with Gasteiger partial charge in [-0.15, -0.1) is 0 Å². The summed E-state index contributed by atoms with van der Waals surface area (Å²) in [7, 11) is -8.55. The molecular formula is C17H14F6O4S2. The predicted octanol–water partition coefficient (Wildman–Crippen LogP) is 4.41. The van der Waals surface area contributed by atoms with E-state index in [9.17, 15) is 43.2 Å². The largest absolute Gasteiger partial charge is 0.380 e. The first-order chi connectivity index (χ1) is 12.8. The third-order valence-corrected chi connectivity index (χ3v) is 9.30. The van der Waals surface area contributed by atoms with Gasteiger partial charge in [-0.05, 0) is 51.0 Å². The summed E-state index contributed by atoms with van der Waals surface area (Å²) in [5, 5.41) is 0. The molecule has 3 aliphatic rings. The Hall–Kier alpha value is -1.82. The van der Waals surface area contributed by atoms with Crippen LogP contribution >= 0.6 is 0 Å². The summed E-state index contributed by atoms with van der Waals surface area (Å²) in [6.45, 7) is 3.68. The van der Waals surface area contributed by atoms with Crippen molar-refractivity contribution in [3.05, 3.63) is 54.1 Å². The van der Waals surface area contributed by atoms with Crippen molar-refractivity contribution in [3.8, 4) is 0 Å². The van der Waals surface area contributed by atoms with Gasteiger partial charge >= 0.3 is 17.8 Å². The molecule has 0 bridgehead atoms. The van der Waals surface area contributed by atoms with E-state index in [4.69, 9.17) is 0 Å². The minimum atomic E-state index is -5.91. The van der Waals surface area contributed by atoms with Crippen LogP contribution in [0.15, 0.2) is 54.1 Å². The maximum absolute atomic E-state index is 14.7. The summed E-state index contributed by atoms with van der Waals surface area (Å²) < 4.78 is 136. The number of sulfone groups is 2. The van der Waals surface area contributed by atoms with Crippen LogP contribution in [0.3, 0.4) is 0 Å². The van der Waals surface area contributed by atoms with E-state index >= 15 is 0 Å². The van der Waals surface area contributed by atoms with E-state index < -0.39 is 79.4 Å². The topological polar surface area (TPSA) is 68.3 Å². The molecule has 12 heteroatoms. The molecule has 0 N–H and O–H groups in total. The molecule has 0 aromatic rings. The Labute approximate surface area is 162 Å². The lowest BCUT2D eigenvalue weighted by Gasteiger charge is -2.26. The Bertz CT molecular complexity index is 1130. The SMILES string of the molecule is CC1=CC(C2=C(C3=C(C)S(=O)(=O)C(C)=C3)C(F)(F)C(F)(F)C2(F)F)=C(C)S1(=O)=O. The highest BCUT2D eigenvalue weighted by atomic mass is 32.2. The van der Waals surface area contributed by atoms with Gasteiger partial charge in [-0.25, -0.2) is 16.8 Å². The second-order valence-electron chi connectivity index (χ2n) is 6.93. The van der Waals surface area contributed by atoms with Gasteiger partial charge in [0, 0.05) is 21.0 Å². The van der Waals surface area contributed by atoms with Crippen molar-refractivity contribution in [2.24, 2.45) is 0 Å². The average Bonchev–Trinajstić information content (AvgIpc) is 2.94. The highest BCUT2D eigenvalue weighted by Crippen LogP contribution is 2.64. The summed E-state index contributed by atoms with van der Waals surface area (Å²) in [5.41, 5.74) is -5.76. The van der Waals surface area contributed by atoms with Crippen molar-refractivity contribution in [1.29, 1.82) is 0 Å². The maximum Gasteiger partial charge on any atom is 0.380 e. The molecule has 0 saturated heterocycles. The summed E-state index contributed by atoms with van der Waals surface area (Å²) in [6.07, 6.45) is 1.22. The molecule has 0 atom stereocenters. The van der Waals surface area contributed by atoms with Crippen LogP contribution < -0.4 is 0 Å². The monoisotopic (exact) mass is 460 g/mol. The van der Waals surface area contributed by atoms with Gasteiger partial charge in [0.05, 0.1) is 9.81 Å². The maximum atomic E-state index is 14.7. The molecular weight excluding hydrogens is 446 g/mol. The molecule has 3 rings (SSSR count). The molecule has 0 amide bonds. The van der Waals surface area contributed by atoms with Crippen molar-refractivity contribution in [2.45, 2.75) is 45.5 Å². The van der Waals surface area contributed by atoms with E-state index in [1.54, 1.807) is 0 Å². The third-order valence-electron chi connectivity index (χ3n) is 5.31. The first kappa shape index (κ1) is 21.9. The Morgan fingerprint density at radius 2 is 0.897 bits per heavy atom. The fraction of sp³-hybridized carbons (Fsp3) is 0.412. The van der Waals surface area contributed by atoms with Gasteiger partial charge in [0.2, 0.25) is 0 Å². The minimum absolute atomic E-state index is 0.484. The molecule has 0 radical (unpaired) electrons. The van der Waals surface area contributed by atoms with Crippen LogP contribution in [0.1, 0.15) is 27.7 Å².